The molecule has 0 radical (unpaired) electrons. The van der Waals surface area contributed by atoms with E-state index >= 15 is 0 Å². The van der Waals surface area contributed by atoms with Gasteiger partial charge in [0.25, 0.3) is 0 Å². The van der Waals surface area contributed by atoms with E-state index in [-0.39, 0.29) is 0 Å². The van der Waals surface area contributed by atoms with Crippen molar-refractivity contribution in [2.75, 3.05) is 25.7 Å². The minimum Gasteiger partial charge on any atom is -0.490 e. The third kappa shape index (κ3) is 6.15. The van der Waals surface area contributed by atoms with Crippen molar-refractivity contribution in [2.24, 2.45) is 0 Å². The van der Waals surface area contributed by atoms with E-state index in [0.29, 0.717) is 24.8 Å². The van der Waals surface area contributed by atoms with Crippen LogP contribution in [0.2, 0.25) is 0 Å². The smallest absolute Gasteiger partial charge is 0.138 e. The highest BCUT2D eigenvalue weighted by molar-refractivity contribution is 6.19. The number of aromatic nitrogens is 1. The normalized spacial score (nSPS) is 9.53. The van der Waals surface area contributed by atoms with Crippen LogP contribution in [0.15, 0.2) is 18.5 Å². The molecule has 0 saturated heterocycles. The van der Waals surface area contributed by atoms with Gasteiger partial charge >= 0.3 is 0 Å². The molecule has 0 amide bonds. The van der Waals surface area contributed by atoms with Crippen molar-refractivity contribution in [3.8, 4) is 17.6 Å². The van der Waals surface area contributed by atoms with Gasteiger partial charge in [-0.2, -0.15) is 0 Å². The van der Waals surface area contributed by atoms with Crippen LogP contribution in [0.1, 0.15) is 18.9 Å². The third-order valence-corrected chi connectivity index (χ3v) is 1.99. The van der Waals surface area contributed by atoms with Gasteiger partial charge < -0.3 is 9.47 Å². The fourth-order valence-electron chi connectivity index (χ4n) is 1.17. The van der Waals surface area contributed by atoms with Gasteiger partial charge in [-0.1, -0.05) is 18.8 Å². The van der Waals surface area contributed by atoms with Gasteiger partial charge in [-0.3, -0.25) is 4.98 Å². The Hall–Kier alpha value is -1.24. The summed E-state index contributed by atoms with van der Waals surface area (Å²) in [6, 6.07) is 1.84. The number of alkyl halides is 1. The molecule has 0 unspecified atom stereocenters. The van der Waals surface area contributed by atoms with Crippen molar-refractivity contribution in [3.63, 3.8) is 0 Å². The highest BCUT2D eigenvalue weighted by Crippen LogP contribution is 2.10. The lowest BCUT2D eigenvalue weighted by atomic mass is 10.3. The zero-order chi connectivity index (χ0) is 12.3. The first kappa shape index (κ1) is 13.8. The molecule has 0 aromatic carbocycles. The molecule has 4 heteroatoms. The number of nitrogens with zero attached hydrogens (tertiary/aromatic N) is 1. The van der Waals surface area contributed by atoms with E-state index in [1.807, 2.05) is 6.07 Å². The largest absolute Gasteiger partial charge is 0.490 e. The van der Waals surface area contributed by atoms with Gasteiger partial charge in [0.15, 0.2) is 0 Å². The number of hydrogen-bond donors (Lipinski definition) is 0. The maximum absolute atomic E-state index is 5.48. The average Bonchev–Trinajstić information content (AvgIpc) is 2.37. The number of hydrogen-bond acceptors (Lipinski definition) is 3. The predicted molar refractivity (Wildman–Crippen MR) is 68.4 cm³/mol. The van der Waals surface area contributed by atoms with Crippen LogP contribution in [0.4, 0.5) is 0 Å². The van der Waals surface area contributed by atoms with Crippen LogP contribution in [-0.4, -0.2) is 30.7 Å². The van der Waals surface area contributed by atoms with Crippen molar-refractivity contribution >= 4 is 11.6 Å². The quantitative estimate of drug-likeness (QED) is 0.443. The summed E-state index contributed by atoms with van der Waals surface area (Å²) in [4.78, 5) is 4.04. The lowest BCUT2D eigenvalue weighted by Crippen LogP contribution is -2.07. The molecule has 0 aliphatic rings. The van der Waals surface area contributed by atoms with Gasteiger partial charge in [-0.25, -0.2) is 0 Å². The van der Waals surface area contributed by atoms with Crippen LogP contribution in [0.25, 0.3) is 0 Å². The van der Waals surface area contributed by atoms with Crippen LogP contribution in [0.3, 0.4) is 0 Å². The van der Waals surface area contributed by atoms with Crippen molar-refractivity contribution in [1.82, 2.24) is 4.98 Å². The molecule has 3 nitrogen and oxygen atoms in total. The summed E-state index contributed by atoms with van der Waals surface area (Å²) >= 11 is 5.48. The van der Waals surface area contributed by atoms with E-state index in [2.05, 4.69) is 23.7 Å². The molecule has 92 valence electrons. The van der Waals surface area contributed by atoms with Gasteiger partial charge in [0.1, 0.15) is 12.4 Å². The number of rotatable bonds is 6. The Labute approximate surface area is 107 Å². The zero-order valence-corrected chi connectivity index (χ0v) is 10.7. The lowest BCUT2D eigenvalue weighted by molar-refractivity contribution is 0.100. The van der Waals surface area contributed by atoms with Gasteiger partial charge in [0, 0.05) is 18.4 Å². The average molecular weight is 254 g/mol. The molecule has 0 N–H and O–H groups in total. The van der Waals surface area contributed by atoms with Gasteiger partial charge in [-0.15, -0.1) is 11.6 Å². The van der Waals surface area contributed by atoms with Crippen LogP contribution < -0.4 is 4.74 Å². The molecule has 0 aliphatic heterocycles. The second kappa shape index (κ2) is 8.86. The van der Waals surface area contributed by atoms with E-state index in [4.69, 9.17) is 21.1 Å². The first-order valence-electron chi connectivity index (χ1n) is 5.57. The maximum atomic E-state index is 5.48. The molecule has 0 saturated carbocycles. The molecule has 0 fully saturated rings. The second-order valence-electron chi connectivity index (χ2n) is 3.31. The van der Waals surface area contributed by atoms with Crippen molar-refractivity contribution in [2.45, 2.75) is 13.3 Å². The van der Waals surface area contributed by atoms with E-state index in [0.717, 1.165) is 18.6 Å². The van der Waals surface area contributed by atoms with Crippen molar-refractivity contribution < 1.29 is 9.47 Å². The zero-order valence-electron chi connectivity index (χ0n) is 9.91. The molecule has 0 bridgehead atoms. The molecule has 1 heterocycles. The first-order chi connectivity index (χ1) is 8.36. The summed E-state index contributed by atoms with van der Waals surface area (Å²) in [5.41, 5.74) is 0.803. The molecule has 17 heavy (non-hydrogen) atoms. The van der Waals surface area contributed by atoms with Crippen LogP contribution in [0.5, 0.6) is 5.75 Å². The van der Waals surface area contributed by atoms with E-state index in [1.165, 1.54) is 0 Å². The van der Waals surface area contributed by atoms with E-state index in [1.54, 1.807) is 12.4 Å². The minimum atomic E-state index is 0.315. The molecule has 0 spiro atoms. The van der Waals surface area contributed by atoms with Gasteiger partial charge in [-0.05, 0) is 12.5 Å². The fraction of sp³-hybridized carbons (Fsp3) is 0.462. The molecule has 0 atom stereocenters. The van der Waals surface area contributed by atoms with E-state index < -0.39 is 0 Å². The maximum Gasteiger partial charge on any atom is 0.138 e. The van der Waals surface area contributed by atoms with Crippen LogP contribution in [0, 0.1) is 11.8 Å². The second-order valence-corrected chi connectivity index (χ2v) is 3.57. The topological polar surface area (TPSA) is 31.4 Å². The summed E-state index contributed by atoms with van der Waals surface area (Å²) in [5, 5.41) is 0. The van der Waals surface area contributed by atoms with Crippen molar-refractivity contribution in [3.05, 3.63) is 24.0 Å². The summed E-state index contributed by atoms with van der Waals surface area (Å²) in [6.07, 6.45) is 4.36. The molecule has 0 aliphatic carbocycles. The highest BCUT2D eigenvalue weighted by Gasteiger charge is 1.95. The molecular formula is C13H16ClNO2. The van der Waals surface area contributed by atoms with Crippen LogP contribution >= 0.6 is 11.6 Å². The number of ether oxygens (including phenoxy) is 2. The van der Waals surface area contributed by atoms with Gasteiger partial charge in [0.2, 0.25) is 0 Å². The standard InChI is InChI=1S/C13H16ClNO2/c1-2-6-16-7-8-17-13-9-12(4-3-5-14)10-15-11-13/h9-11H,2,5-8H2,1H3. The van der Waals surface area contributed by atoms with Gasteiger partial charge in [0.05, 0.1) is 18.7 Å². The summed E-state index contributed by atoms with van der Waals surface area (Å²) in [5.74, 6) is 6.68. The molecule has 1 rings (SSSR count). The Balaban J connectivity index is 2.38. The fourth-order valence-corrected chi connectivity index (χ4v) is 1.23. The van der Waals surface area contributed by atoms with Crippen LogP contribution in [-0.2, 0) is 4.74 Å². The monoisotopic (exact) mass is 253 g/mol. The minimum absolute atomic E-state index is 0.315. The summed E-state index contributed by atoms with van der Waals surface area (Å²) in [6.45, 7) is 3.95. The molecule has 1 aromatic rings. The number of pyridine rings is 1. The Kier molecular flexibility index (Phi) is 7.20. The molecule has 1 aromatic heterocycles. The Morgan fingerprint density at radius 1 is 1.29 bits per heavy atom. The third-order valence-electron chi connectivity index (χ3n) is 1.86. The van der Waals surface area contributed by atoms with Crippen molar-refractivity contribution in [1.29, 1.82) is 0 Å². The van der Waals surface area contributed by atoms with E-state index in [9.17, 15) is 0 Å². The first-order valence-corrected chi connectivity index (χ1v) is 6.10. The summed E-state index contributed by atoms with van der Waals surface area (Å²) in [7, 11) is 0. The Morgan fingerprint density at radius 3 is 2.94 bits per heavy atom. The Morgan fingerprint density at radius 2 is 2.18 bits per heavy atom. The number of halogens is 1. The molecular weight excluding hydrogens is 238 g/mol. The SMILES string of the molecule is CCCOCCOc1cncc(C#CCCl)c1. The summed E-state index contributed by atoms with van der Waals surface area (Å²) < 4.78 is 10.8. The highest BCUT2D eigenvalue weighted by atomic mass is 35.5. The predicted octanol–water partition coefficient (Wildman–Crippen LogP) is 2.48. The Bertz CT molecular complexity index is 384. The lowest BCUT2D eigenvalue weighted by Gasteiger charge is -2.06.